The lowest BCUT2D eigenvalue weighted by Gasteiger charge is -2.31. The molecule has 0 atom stereocenters. The van der Waals surface area contributed by atoms with Gasteiger partial charge in [-0.25, -0.2) is 0 Å². The summed E-state index contributed by atoms with van der Waals surface area (Å²) >= 11 is 0. The van der Waals surface area contributed by atoms with Gasteiger partial charge >= 0.3 is 0 Å². The number of benzene rings is 1. The lowest BCUT2D eigenvalue weighted by molar-refractivity contribution is -0.132. The molecule has 1 saturated carbocycles. The minimum atomic E-state index is 0.322. The number of fused-ring (bicyclic) bond motifs is 1. The molecule has 1 aromatic rings. The molecule has 1 fully saturated rings. The van der Waals surface area contributed by atoms with Gasteiger partial charge in [0.2, 0.25) is 5.91 Å². The highest BCUT2D eigenvalue weighted by Gasteiger charge is 2.21. The molecule has 25 heavy (non-hydrogen) atoms. The zero-order valence-corrected chi connectivity index (χ0v) is 15.4. The number of aryl methyl sites for hydroxylation is 1. The van der Waals surface area contributed by atoms with Crippen LogP contribution in [-0.2, 0) is 11.2 Å². The SMILES string of the molecule is C=C1C=Cc2cc(CCCCC(=O)N(C)C3CCCCC3)ccc2N1. The summed E-state index contributed by atoms with van der Waals surface area (Å²) in [5, 5.41) is 3.28. The molecule has 2 aliphatic rings. The molecular formula is C22H30N2O. The Labute approximate surface area is 151 Å². The minimum Gasteiger partial charge on any atom is -0.356 e. The average molecular weight is 338 g/mol. The first-order valence-electron chi connectivity index (χ1n) is 9.66. The highest BCUT2D eigenvalue weighted by Crippen LogP contribution is 2.26. The van der Waals surface area contributed by atoms with Gasteiger partial charge in [-0.05, 0) is 61.4 Å². The quantitative estimate of drug-likeness (QED) is 0.728. The summed E-state index contributed by atoms with van der Waals surface area (Å²) in [6.45, 7) is 3.93. The molecule has 134 valence electrons. The van der Waals surface area contributed by atoms with Crippen LogP contribution < -0.4 is 5.32 Å². The Morgan fingerprint density at radius 3 is 2.80 bits per heavy atom. The van der Waals surface area contributed by atoms with E-state index < -0.39 is 0 Å². The number of nitrogens with zero attached hydrogens (tertiary/aromatic N) is 1. The van der Waals surface area contributed by atoms with Gasteiger partial charge in [-0.2, -0.15) is 0 Å². The van der Waals surface area contributed by atoms with Crippen molar-refractivity contribution < 1.29 is 4.79 Å². The first-order chi connectivity index (χ1) is 12.1. The number of allylic oxidation sites excluding steroid dienone is 1. The Morgan fingerprint density at radius 2 is 2.00 bits per heavy atom. The van der Waals surface area contributed by atoms with Crippen LogP contribution in [0.4, 0.5) is 5.69 Å². The first-order valence-corrected chi connectivity index (χ1v) is 9.66. The molecule has 1 aromatic carbocycles. The largest absolute Gasteiger partial charge is 0.356 e. The van der Waals surface area contributed by atoms with Crippen molar-refractivity contribution in [2.24, 2.45) is 0 Å². The van der Waals surface area contributed by atoms with Crippen LogP contribution in [0.5, 0.6) is 0 Å². The van der Waals surface area contributed by atoms with Crippen molar-refractivity contribution in [2.45, 2.75) is 63.8 Å². The molecule has 0 spiro atoms. The van der Waals surface area contributed by atoms with E-state index in [2.05, 4.69) is 36.2 Å². The fraction of sp³-hybridized carbons (Fsp3) is 0.500. The molecule has 3 nitrogen and oxygen atoms in total. The highest BCUT2D eigenvalue weighted by atomic mass is 16.2. The van der Waals surface area contributed by atoms with E-state index in [0.717, 1.165) is 30.6 Å². The summed E-state index contributed by atoms with van der Waals surface area (Å²) in [4.78, 5) is 14.4. The average Bonchev–Trinajstić information content (AvgIpc) is 2.65. The second-order valence-corrected chi connectivity index (χ2v) is 7.41. The fourth-order valence-corrected chi connectivity index (χ4v) is 3.88. The molecule has 1 N–H and O–H groups in total. The first kappa shape index (κ1) is 17.8. The van der Waals surface area contributed by atoms with E-state index in [9.17, 15) is 4.79 Å². The number of hydrogen-bond donors (Lipinski definition) is 1. The van der Waals surface area contributed by atoms with Crippen molar-refractivity contribution in [2.75, 3.05) is 12.4 Å². The topological polar surface area (TPSA) is 32.3 Å². The fourth-order valence-electron chi connectivity index (χ4n) is 3.88. The Bertz CT molecular complexity index is 656. The van der Waals surface area contributed by atoms with Gasteiger partial charge in [-0.1, -0.05) is 38.0 Å². The van der Waals surface area contributed by atoms with E-state index in [1.54, 1.807) is 0 Å². The second-order valence-electron chi connectivity index (χ2n) is 7.41. The molecule has 1 aliphatic heterocycles. The Kier molecular flexibility index (Phi) is 5.95. The third kappa shape index (κ3) is 4.75. The van der Waals surface area contributed by atoms with Crippen molar-refractivity contribution in [1.29, 1.82) is 0 Å². The molecule has 3 rings (SSSR count). The van der Waals surface area contributed by atoms with Gasteiger partial charge in [0, 0.05) is 30.9 Å². The summed E-state index contributed by atoms with van der Waals surface area (Å²) in [5.41, 5.74) is 4.62. The number of anilines is 1. The Morgan fingerprint density at radius 1 is 1.20 bits per heavy atom. The molecule has 3 heteroatoms. The van der Waals surface area contributed by atoms with Gasteiger partial charge < -0.3 is 10.2 Å². The predicted octanol–water partition coefficient (Wildman–Crippen LogP) is 5.14. The number of unbranched alkanes of at least 4 members (excludes halogenated alkanes) is 1. The summed E-state index contributed by atoms with van der Waals surface area (Å²) in [6, 6.07) is 7.02. The van der Waals surface area contributed by atoms with E-state index in [1.165, 1.54) is 43.2 Å². The summed E-state index contributed by atoms with van der Waals surface area (Å²) < 4.78 is 0. The number of hydrogen-bond acceptors (Lipinski definition) is 2. The normalized spacial score (nSPS) is 17.1. The zero-order valence-electron chi connectivity index (χ0n) is 15.4. The van der Waals surface area contributed by atoms with Gasteiger partial charge in [-0.3, -0.25) is 4.79 Å². The summed E-state index contributed by atoms with van der Waals surface area (Å²) in [7, 11) is 2.00. The van der Waals surface area contributed by atoms with Gasteiger partial charge in [0.15, 0.2) is 0 Å². The molecule has 0 aromatic heterocycles. The predicted molar refractivity (Wildman–Crippen MR) is 105 cm³/mol. The van der Waals surface area contributed by atoms with Gasteiger partial charge in [0.05, 0.1) is 0 Å². The maximum absolute atomic E-state index is 12.4. The molecule has 0 saturated heterocycles. The van der Waals surface area contributed by atoms with Crippen molar-refractivity contribution in [3.8, 4) is 0 Å². The van der Waals surface area contributed by atoms with Crippen LogP contribution in [0.25, 0.3) is 6.08 Å². The van der Waals surface area contributed by atoms with E-state index in [-0.39, 0.29) is 0 Å². The number of rotatable bonds is 6. The number of carbonyl (C=O) groups excluding carboxylic acids is 1. The van der Waals surface area contributed by atoms with Crippen LogP contribution >= 0.6 is 0 Å². The minimum absolute atomic E-state index is 0.322. The molecule has 1 aliphatic carbocycles. The van der Waals surface area contributed by atoms with Crippen LogP contribution in [0.3, 0.4) is 0 Å². The number of amides is 1. The maximum Gasteiger partial charge on any atom is 0.222 e. The van der Waals surface area contributed by atoms with E-state index in [1.807, 2.05) is 18.0 Å². The third-order valence-electron chi connectivity index (χ3n) is 5.50. The lowest BCUT2D eigenvalue weighted by atomic mass is 9.94. The van der Waals surface area contributed by atoms with E-state index >= 15 is 0 Å². The monoisotopic (exact) mass is 338 g/mol. The summed E-state index contributed by atoms with van der Waals surface area (Å²) in [6.07, 6.45) is 14.1. The van der Waals surface area contributed by atoms with Crippen LogP contribution in [0.1, 0.15) is 62.5 Å². The highest BCUT2D eigenvalue weighted by molar-refractivity contribution is 5.76. The van der Waals surface area contributed by atoms with Crippen LogP contribution in [0, 0.1) is 0 Å². The molecule has 1 amide bonds. The van der Waals surface area contributed by atoms with E-state index in [4.69, 9.17) is 0 Å². The standard InChI is InChI=1S/C22H30N2O/c1-17-12-14-19-16-18(13-15-21(19)23-17)8-6-7-11-22(25)24(2)20-9-4-3-5-10-20/h12-16,20,23H,1,3-11H2,2H3. The number of carbonyl (C=O) groups is 1. The second kappa shape index (κ2) is 8.37. The molecule has 0 radical (unpaired) electrons. The van der Waals surface area contributed by atoms with Crippen LogP contribution in [0.2, 0.25) is 0 Å². The van der Waals surface area contributed by atoms with Crippen molar-refractivity contribution in [3.05, 3.63) is 47.7 Å². The maximum atomic E-state index is 12.4. The lowest BCUT2D eigenvalue weighted by Crippen LogP contribution is -2.38. The van der Waals surface area contributed by atoms with Crippen molar-refractivity contribution in [3.63, 3.8) is 0 Å². The Balaban J connectivity index is 1.42. The van der Waals surface area contributed by atoms with Crippen molar-refractivity contribution >= 4 is 17.7 Å². The van der Waals surface area contributed by atoms with Gasteiger partial charge in [0.1, 0.15) is 0 Å². The van der Waals surface area contributed by atoms with Gasteiger partial charge in [0.25, 0.3) is 0 Å². The molecule has 1 heterocycles. The molecule has 0 bridgehead atoms. The number of nitrogens with one attached hydrogen (secondary N) is 1. The zero-order chi connectivity index (χ0) is 17.6. The molecular weight excluding hydrogens is 308 g/mol. The third-order valence-corrected chi connectivity index (χ3v) is 5.50. The Hall–Kier alpha value is -2.03. The van der Waals surface area contributed by atoms with Gasteiger partial charge in [-0.15, -0.1) is 0 Å². The van der Waals surface area contributed by atoms with E-state index in [0.29, 0.717) is 18.4 Å². The van der Waals surface area contributed by atoms with Crippen LogP contribution in [0.15, 0.2) is 36.6 Å². The summed E-state index contributed by atoms with van der Waals surface area (Å²) in [5.74, 6) is 0.322. The molecule has 0 unspecified atom stereocenters. The smallest absolute Gasteiger partial charge is 0.222 e. The van der Waals surface area contributed by atoms with Crippen LogP contribution in [-0.4, -0.2) is 23.9 Å². The van der Waals surface area contributed by atoms with Crippen molar-refractivity contribution in [1.82, 2.24) is 4.90 Å².